The van der Waals surface area contributed by atoms with Gasteiger partial charge in [-0.1, -0.05) is 42.0 Å². The van der Waals surface area contributed by atoms with Gasteiger partial charge in [-0.3, -0.25) is 14.4 Å². The van der Waals surface area contributed by atoms with Crippen molar-refractivity contribution in [3.63, 3.8) is 0 Å². The topological polar surface area (TPSA) is 116 Å². The minimum absolute atomic E-state index is 0.238. The summed E-state index contributed by atoms with van der Waals surface area (Å²) in [7, 11) is 0. The van der Waals surface area contributed by atoms with E-state index in [-0.39, 0.29) is 30.2 Å². The number of esters is 2. The van der Waals surface area contributed by atoms with E-state index in [0.29, 0.717) is 29.4 Å². The molecule has 4 rings (SSSR count). The van der Waals surface area contributed by atoms with Crippen LogP contribution in [-0.4, -0.2) is 43.6 Å². The summed E-state index contributed by atoms with van der Waals surface area (Å²) in [5.41, 5.74) is 2.76. The highest BCUT2D eigenvalue weighted by molar-refractivity contribution is 6.11. The van der Waals surface area contributed by atoms with E-state index in [1.54, 1.807) is 24.3 Å². The predicted molar refractivity (Wildman–Crippen MR) is 125 cm³/mol. The molecule has 3 aromatic rings. The van der Waals surface area contributed by atoms with E-state index in [9.17, 15) is 24.0 Å². The van der Waals surface area contributed by atoms with Gasteiger partial charge in [-0.15, -0.1) is 0 Å². The number of carbonyl (C=O) groups excluding carboxylic acids is 5. The second kappa shape index (κ2) is 9.72. The van der Waals surface area contributed by atoms with Gasteiger partial charge in [-0.05, 0) is 48.4 Å². The number of anilines is 1. The Bertz CT molecular complexity index is 1240. The average molecular weight is 471 g/mol. The van der Waals surface area contributed by atoms with Crippen LogP contribution >= 0.6 is 0 Å². The largest absolute Gasteiger partial charge is 0.454 e. The Morgan fingerprint density at radius 2 is 1.29 bits per heavy atom. The van der Waals surface area contributed by atoms with Crippen LogP contribution in [0.25, 0.3) is 0 Å². The maximum Gasteiger partial charge on any atom is 0.338 e. The fraction of sp³-hybridized carbons (Fsp3) is 0.148. The standard InChI is InChI=1S/C27H21NO7/c1-17-2-11-23-22(16-17)27(26(33)28-23,20-7-3-18(4-8-20)24(31)34-14-12-29)21-9-5-19(6-10-21)25(32)35-15-13-30/h2-13,16H,14-15H2,1H3,(H,28,33). The molecule has 0 saturated heterocycles. The number of carbonyl (C=O) groups is 5. The van der Waals surface area contributed by atoms with Crippen molar-refractivity contribution in [2.24, 2.45) is 0 Å². The number of aldehydes is 2. The number of nitrogens with one attached hydrogen (secondary N) is 1. The van der Waals surface area contributed by atoms with Gasteiger partial charge in [0.15, 0.2) is 12.6 Å². The van der Waals surface area contributed by atoms with Crippen molar-refractivity contribution < 1.29 is 33.4 Å². The number of benzene rings is 3. The smallest absolute Gasteiger partial charge is 0.338 e. The van der Waals surface area contributed by atoms with E-state index in [2.05, 4.69) is 5.32 Å². The molecule has 1 N–H and O–H groups in total. The molecule has 0 radical (unpaired) electrons. The summed E-state index contributed by atoms with van der Waals surface area (Å²) < 4.78 is 9.71. The molecule has 0 aliphatic carbocycles. The van der Waals surface area contributed by atoms with E-state index >= 15 is 0 Å². The number of hydrogen-bond donors (Lipinski definition) is 1. The highest BCUT2D eigenvalue weighted by Gasteiger charge is 2.49. The lowest BCUT2D eigenvalue weighted by molar-refractivity contribution is -0.118. The van der Waals surface area contributed by atoms with E-state index in [4.69, 9.17) is 9.47 Å². The molecule has 0 bridgehead atoms. The third-order valence-electron chi connectivity index (χ3n) is 5.84. The van der Waals surface area contributed by atoms with Crippen molar-refractivity contribution >= 4 is 36.1 Å². The van der Waals surface area contributed by atoms with Crippen molar-refractivity contribution in [2.75, 3.05) is 18.5 Å². The third-order valence-corrected chi connectivity index (χ3v) is 5.84. The van der Waals surface area contributed by atoms with Gasteiger partial charge in [-0.25, -0.2) is 9.59 Å². The lowest BCUT2D eigenvalue weighted by atomic mass is 9.69. The molecule has 0 spiro atoms. The highest BCUT2D eigenvalue weighted by Crippen LogP contribution is 2.48. The molecule has 176 valence electrons. The van der Waals surface area contributed by atoms with Gasteiger partial charge in [0.05, 0.1) is 11.1 Å². The zero-order chi connectivity index (χ0) is 25.0. The molecule has 0 aromatic heterocycles. The lowest BCUT2D eigenvalue weighted by Crippen LogP contribution is -2.37. The molecule has 3 aromatic carbocycles. The summed E-state index contributed by atoms with van der Waals surface area (Å²) in [6.07, 6.45) is 0.976. The molecular weight excluding hydrogens is 450 g/mol. The van der Waals surface area contributed by atoms with Crippen LogP contribution in [-0.2, 0) is 29.3 Å². The van der Waals surface area contributed by atoms with Crippen LogP contribution < -0.4 is 5.32 Å². The Hall–Kier alpha value is -4.59. The summed E-state index contributed by atoms with van der Waals surface area (Å²) in [6, 6.07) is 18.5. The maximum atomic E-state index is 13.6. The van der Waals surface area contributed by atoms with Crippen LogP contribution in [0, 0.1) is 6.92 Å². The number of amides is 1. The first-order chi connectivity index (χ1) is 16.9. The second-order valence-electron chi connectivity index (χ2n) is 7.94. The first-order valence-electron chi connectivity index (χ1n) is 10.8. The summed E-state index contributed by atoms with van der Waals surface area (Å²) >= 11 is 0. The Balaban J connectivity index is 1.83. The lowest BCUT2D eigenvalue weighted by Gasteiger charge is -2.29. The second-order valence-corrected chi connectivity index (χ2v) is 7.94. The summed E-state index contributed by atoms with van der Waals surface area (Å²) in [5, 5.41) is 2.94. The summed E-state index contributed by atoms with van der Waals surface area (Å²) in [6.45, 7) is 1.23. The Morgan fingerprint density at radius 1 is 0.800 bits per heavy atom. The Morgan fingerprint density at radius 3 is 1.74 bits per heavy atom. The van der Waals surface area contributed by atoms with E-state index in [1.165, 1.54) is 24.3 Å². The van der Waals surface area contributed by atoms with Crippen LogP contribution in [0.2, 0.25) is 0 Å². The van der Waals surface area contributed by atoms with Gasteiger partial charge in [0.2, 0.25) is 5.91 Å². The fourth-order valence-electron chi connectivity index (χ4n) is 4.25. The number of fused-ring (bicyclic) bond motifs is 1. The zero-order valence-corrected chi connectivity index (χ0v) is 18.8. The minimum Gasteiger partial charge on any atom is -0.454 e. The Labute approximate surface area is 200 Å². The van der Waals surface area contributed by atoms with E-state index < -0.39 is 17.4 Å². The monoisotopic (exact) mass is 471 g/mol. The minimum atomic E-state index is -1.25. The number of rotatable bonds is 8. The normalized spacial score (nSPS) is 13.3. The molecule has 8 heteroatoms. The molecule has 0 atom stereocenters. The molecule has 1 aliphatic heterocycles. The van der Waals surface area contributed by atoms with Crippen LogP contribution in [0.1, 0.15) is 43.0 Å². The number of hydrogen-bond acceptors (Lipinski definition) is 7. The number of aryl methyl sites for hydroxylation is 1. The van der Waals surface area contributed by atoms with Gasteiger partial charge in [0.25, 0.3) is 0 Å². The highest BCUT2D eigenvalue weighted by atomic mass is 16.5. The predicted octanol–water partition coefficient (Wildman–Crippen LogP) is 2.99. The van der Waals surface area contributed by atoms with E-state index in [0.717, 1.165) is 11.1 Å². The molecule has 8 nitrogen and oxygen atoms in total. The molecule has 0 fully saturated rings. The molecule has 35 heavy (non-hydrogen) atoms. The van der Waals surface area contributed by atoms with Gasteiger partial charge < -0.3 is 14.8 Å². The molecule has 0 saturated carbocycles. The van der Waals surface area contributed by atoms with Crippen molar-refractivity contribution in [2.45, 2.75) is 12.3 Å². The number of ether oxygens (including phenoxy) is 2. The van der Waals surface area contributed by atoms with Gasteiger partial charge in [-0.2, -0.15) is 0 Å². The fourth-order valence-corrected chi connectivity index (χ4v) is 4.25. The first kappa shape index (κ1) is 23.6. The maximum absolute atomic E-state index is 13.6. The molecule has 1 amide bonds. The summed E-state index contributed by atoms with van der Waals surface area (Å²) in [4.78, 5) is 58.9. The van der Waals surface area contributed by atoms with Crippen LogP contribution in [0.4, 0.5) is 5.69 Å². The zero-order valence-electron chi connectivity index (χ0n) is 18.8. The molecule has 1 heterocycles. The molecule has 1 aliphatic rings. The molecular formula is C27H21NO7. The van der Waals surface area contributed by atoms with Crippen LogP contribution in [0.15, 0.2) is 66.7 Å². The van der Waals surface area contributed by atoms with Crippen molar-refractivity contribution in [3.8, 4) is 0 Å². The average Bonchev–Trinajstić information content (AvgIpc) is 3.17. The van der Waals surface area contributed by atoms with Crippen molar-refractivity contribution in [1.29, 1.82) is 0 Å². The Kier molecular flexibility index (Phi) is 6.55. The van der Waals surface area contributed by atoms with Gasteiger partial charge in [0.1, 0.15) is 18.6 Å². The van der Waals surface area contributed by atoms with Crippen LogP contribution in [0.5, 0.6) is 0 Å². The SMILES string of the molecule is Cc1ccc2c(c1)C(c1ccc(C(=O)OCC=O)cc1)(c1ccc(C(=O)OCC=O)cc1)C(=O)N2. The molecule has 0 unspecified atom stereocenters. The van der Waals surface area contributed by atoms with Crippen molar-refractivity contribution in [3.05, 3.63) is 100 Å². The van der Waals surface area contributed by atoms with Gasteiger partial charge in [0, 0.05) is 11.3 Å². The third kappa shape index (κ3) is 4.21. The van der Waals surface area contributed by atoms with E-state index in [1.807, 2.05) is 25.1 Å². The summed E-state index contributed by atoms with van der Waals surface area (Å²) in [5.74, 6) is -1.59. The van der Waals surface area contributed by atoms with Gasteiger partial charge >= 0.3 is 11.9 Å². The first-order valence-corrected chi connectivity index (χ1v) is 10.8. The quantitative estimate of drug-likeness (QED) is 0.397. The van der Waals surface area contributed by atoms with Crippen LogP contribution in [0.3, 0.4) is 0 Å². The van der Waals surface area contributed by atoms with Crippen molar-refractivity contribution in [1.82, 2.24) is 0 Å².